The molecule has 0 spiro atoms. The molecule has 1 aromatic carbocycles. The minimum atomic E-state index is 0.152. The third-order valence-electron chi connectivity index (χ3n) is 3.81. The van der Waals surface area contributed by atoms with Gasteiger partial charge in [0.05, 0.1) is 5.52 Å². The van der Waals surface area contributed by atoms with Crippen LogP contribution in [0, 0.1) is 11.3 Å². The van der Waals surface area contributed by atoms with Crippen molar-refractivity contribution in [1.29, 1.82) is 0 Å². The highest BCUT2D eigenvalue weighted by molar-refractivity contribution is 5.78. The van der Waals surface area contributed by atoms with Crippen molar-refractivity contribution in [3.05, 3.63) is 42.1 Å². The Morgan fingerprint density at radius 3 is 2.62 bits per heavy atom. The van der Waals surface area contributed by atoms with E-state index >= 15 is 0 Å². The number of nitrogens with zero attached hydrogens (tertiary/aromatic N) is 1. The van der Waals surface area contributed by atoms with Crippen LogP contribution in [0.4, 0.5) is 0 Å². The highest BCUT2D eigenvalue weighted by Gasteiger charge is 2.20. The molecule has 2 rings (SSSR count). The van der Waals surface area contributed by atoms with Gasteiger partial charge in [0.25, 0.3) is 0 Å². The first-order valence-electron chi connectivity index (χ1n) is 7.70. The third kappa shape index (κ3) is 4.51. The molecular weight excluding hydrogens is 258 g/mol. The molecule has 2 unspecified atom stereocenters. The summed E-state index contributed by atoms with van der Waals surface area (Å²) in [6.07, 6.45) is 4.15. The maximum absolute atomic E-state index is 5.78. The van der Waals surface area contributed by atoms with Crippen molar-refractivity contribution in [3.63, 3.8) is 0 Å². The summed E-state index contributed by atoms with van der Waals surface area (Å²) >= 11 is 0. The van der Waals surface area contributed by atoms with Gasteiger partial charge in [-0.1, -0.05) is 45.9 Å². The fourth-order valence-electron chi connectivity index (χ4n) is 3.11. The van der Waals surface area contributed by atoms with Gasteiger partial charge in [0.1, 0.15) is 0 Å². The lowest BCUT2D eigenvalue weighted by atomic mass is 9.82. The van der Waals surface area contributed by atoms with Crippen molar-refractivity contribution in [2.24, 2.45) is 17.2 Å². The normalized spacial score (nSPS) is 15.1. The molecular formula is C18H27N3. The van der Waals surface area contributed by atoms with E-state index in [4.69, 9.17) is 5.84 Å². The Bertz CT molecular complexity index is 586. The van der Waals surface area contributed by atoms with E-state index in [9.17, 15) is 0 Å². The predicted molar refractivity (Wildman–Crippen MR) is 89.7 cm³/mol. The van der Waals surface area contributed by atoms with Crippen LogP contribution in [0.5, 0.6) is 0 Å². The van der Waals surface area contributed by atoms with E-state index in [1.54, 1.807) is 0 Å². The number of hydrogen-bond donors (Lipinski definition) is 2. The number of nitrogens with two attached hydrogens (primary N) is 1. The predicted octanol–water partition coefficient (Wildman–Crippen LogP) is 4.20. The Hall–Kier alpha value is -1.45. The molecule has 0 amide bonds. The lowest BCUT2D eigenvalue weighted by molar-refractivity contribution is 0.276. The summed E-state index contributed by atoms with van der Waals surface area (Å²) in [5.41, 5.74) is 5.50. The topological polar surface area (TPSA) is 50.9 Å². The molecule has 3 N–H and O–H groups in total. The van der Waals surface area contributed by atoms with Gasteiger partial charge in [0.15, 0.2) is 0 Å². The average Bonchev–Trinajstić information content (AvgIpc) is 2.42. The summed E-state index contributed by atoms with van der Waals surface area (Å²) in [6, 6.07) is 10.5. The van der Waals surface area contributed by atoms with Crippen molar-refractivity contribution >= 4 is 10.9 Å². The van der Waals surface area contributed by atoms with E-state index in [2.05, 4.69) is 50.2 Å². The molecule has 0 bridgehead atoms. The van der Waals surface area contributed by atoms with Crippen LogP contribution in [-0.2, 0) is 0 Å². The molecule has 0 radical (unpaired) electrons. The number of pyridine rings is 1. The average molecular weight is 285 g/mol. The van der Waals surface area contributed by atoms with E-state index in [0.717, 1.165) is 17.5 Å². The summed E-state index contributed by atoms with van der Waals surface area (Å²) in [5, 5.41) is 1.17. The first-order valence-corrected chi connectivity index (χ1v) is 7.70. The van der Waals surface area contributed by atoms with Crippen LogP contribution in [0.1, 0.15) is 52.1 Å². The van der Waals surface area contributed by atoms with Crippen LogP contribution in [0.25, 0.3) is 10.9 Å². The Morgan fingerprint density at radius 1 is 1.24 bits per heavy atom. The largest absolute Gasteiger partial charge is 0.271 e. The standard InChI is InChI=1S/C18H27N3/c1-13(11-18(2,3)4)9-17(21-19)15-10-14-7-5-6-8-16(14)20-12-15/h5-8,10,12-13,17,21H,9,11,19H2,1-4H3. The van der Waals surface area contributed by atoms with Gasteiger partial charge < -0.3 is 0 Å². The number of nitrogens with one attached hydrogen (secondary N) is 1. The number of para-hydroxylation sites is 1. The van der Waals surface area contributed by atoms with E-state index in [0.29, 0.717) is 11.3 Å². The minimum absolute atomic E-state index is 0.152. The first kappa shape index (κ1) is 15.9. The van der Waals surface area contributed by atoms with Gasteiger partial charge in [0.2, 0.25) is 0 Å². The number of benzene rings is 1. The Labute approximate surface area is 127 Å². The van der Waals surface area contributed by atoms with Crippen molar-refractivity contribution in [2.45, 2.75) is 46.6 Å². The quantitative estimate of drug-likeness (QED) is 0.639. The van der Waals surface area contributed by atoms with Gasteiger partial charge in [-0.2, -0.15) is 0 Å². The molecule has 0 aliphatic rings. The van der Waals surface area contributed by atoms with E-state index in [-0.39, 0.29) is 6.04 Å². The van der Waals surface area contributed by atoms with Crippen molar-refractivity contribution in [2.75, 3.05) is 0 Å². The van der Waals surface area contributed by atoms with Gasteiger partial charge in [-0.15, -0.1) is 0 Å². The molecule has 0 saturated carbocycles. The zero-order valence-electron chi connectivity index (χ0n) is 13.6. The third-order valence-corrected chi connectivity index (χ3v) is 3.81. The summed E-state index contributed by atoms with van der Waals surface area (Å²) in [4.78, 5) is 4.54. The molecule has 0 aliphatic carbocycles. The number of hydrogen-bond acceptors (Lipinski definition) is 3. The Morgan fingerprint density at radius 2 is 1.95 bits per heavy atom. The molecule has 3 nitrogen and oxygen atoms in total. The molecule has 0 aliphatic heterocycles. The lowest BCUT2D eigenvalue weighted by Crippen LogP contribution is -2.30. The van der Waals surface area contributed by atoms with Crippen LogP contribution >= 0.6 is 0 Å². The zero-order chi connectivity index (χ0) is 15.5. The van der Waals surface area contributed by atoms with Crippen LogP contribution < -0.4 is 11.3 Å². The SMILES string of the molecule is CC(CC(NN)c1cnc2ccccc2c1)CC(C)(C)C. The van der Waals surface area contributed by atoms with Crippen molar-refractivity contribution in [3.8, 4) is 0 Å². The Kier molecular flexibility index (Phi) is 4.96. The van der Waals surface area contributed by atoms with Gasteiger partial charge in [-0.05, 0) is 41.9 Å². The fourth-order valence-corrected chi connectivity index (χ4v) is 3.11. The summed E-state index contributed by atoms with van der Waals surface area (Å²) < 4.78 is 0. The second kappa shape index (κ2) is 6.54. The Balaban J connectivity index is 2.15. The molecule has 1 heterocycles. The molecule has 0 saturated heterocycles. The molecule has 0 fully saturated rings. The number of aromatic nitrogens is 1. The maximum atomic E-state index is 5.78. The first-order chi connectivity index (χ1) is 9.89. The maximum Gasteiger partial charge on any atom is 0.0702 e. The summed E-state index contributed by atoms with van der Waals surface area (Å²) in [5.74, 6) is 6.39. The van der Waals surface area contributed by atoms with Crippen LogP contribution in [0.2, 0.25) is 0 Å². The zero-order valence-corrected chi connectivity index (χ0v) is 13.6. The molecule has 1 aromatic heterocycles. The van der Waals surface area contributed by atoms with Gasteiger partial charge in [-0.25, -0.2) is 0 Å². The monoisotopic (exact) mass is 285 g/mol. The van der Waals surface area contributed by atoms with Crippen LogP contribution in [0.3, 0.4) is 0 Å². The van der Waals surface area contributed by atoms with E-state index in [1.165, 1.54) is 11.8 Å². The van der Waals surface area contributed by atoms with Crippen molar-refractivity contribution in [1.82, 2.24) is 10.4 Å². The molecule has 2 aromatic rings. The van der Waals surface area contributed by atoms with E-state index < -0.39 is 0 Å². The summed E-state index contributed by atoms with van der Waals surface area (Å²) in [7, 11) is 0. The van der Waals surface area contributed by atoms with Crippen LogP contribution in [-0.4, -0.2) is 4.98 Å². The van der Waals surface area contributed by atoms with E-state index in [1.807, 2.05) is 24.4 Å². The molecule has 3 heteroatoms. The lowest BCUT2D eigenvalue weighted by Gasteiger charge is -2.26. The highest BCUT2D eigenvalue weighted by Crippen LogP contribution is 2.30. The number of hydrazine groups is 1. The summed E-state index contributed by atoms with van der Waals surface area (Å²) in [6.45, 7) is 9.15. The van der Waals surface area contributed by atoms with Gasteiger partial charge >= 0.3 is 0 Å². The fraction of sp³-hybridized carbons (Fsp3) is 0.500. The second-order valence-electron chi connectivity index (χ2n) is 7.29. The van der Waals surface area contributed by atoms with Crippen molar-refractivity contribution < 1.29 is 0 Å². The number of rotatable bonds is 5. The molecule has 2 atom stereocenters. The second-order valence-corrected chi connectivity index (χ2v) is 7.29. The highest BCUT2D eigenvalue weighted by atomic mass is 15.2. The number of fused-ring (bicyclic) bond motifs is 1. The smallest absolute Gasteiger partial charge is 0.0702 e. The van der Waals surface area contributed by atoms with Crippen LogP contribution in [0.15, 0.2) is 36.5 Å². The molecule has 114 valence electrons. The van der Waals surface area contributed by atoms with Gasteiger partial charge in [0, 0.05) is 17.6 Å². The van der Waals surface area contributed by atoms with Gasteiger partial charge in [-0.3, -0.25) is 16.3 Å². The molecule has 21 heavy (non-hydrogen) atoms. The minimum Gasteiger partial charge on any atom is -0.271 e.